The maximum absolute atomic E-state index is 14.4. The maximum Gasteiger partial charge on any atom is 0.164 e. The van der Waals surface area contributed by atoms with E-state index in [9.17, 15) is 8.78 Å². The van der Waals surface area contributed by atoms with E-state index in [4.69, 9.17) is 0 Å². The summed E-state index contributed by atoms with van der Waals surface area (Å²) in [4.78, 5) is 3.27. The molecule has 1 aromatic carbocycles. The van der Waals surface area contributed by atoms with E-state index >= 15 is 0 Å². The van der Waals surface area contributed by atoms with Crippen LogP contribution in [0.15, 0.2) is 29.6 Å². The number of hydrogen-bond acceptors (Lipinski definition) is 3. The lowest BCUT2D eigenvalue weighted by atomic mass is 10.00. The van der Waals surface area contributed by atoms with E-state index in [-0.39, 0.29) is 30.9 Å². The van der Waals surface area contributed by atoms with Crippen LogP contribution in [-0.4, -0.2) is 31.1 Å². The number of benzene rings is 1. The van der Waals surface area contributed by atoms with Crippen LogP contribution in [-0.2, 0) is 0 Å². The van der Waals surface area contributed by atoms with Gasteiger partial charge in [0.1, 0.15) is 0 Å². The van der Waals surface area contributed by atoms with Gasteiger partial charge in [-0.05, 0) is 23.9 Å². The SMILES string of the molecule is Cc1ccc([C@@H](c2cccs2)N2CCNCC2)c(F)c1F.Cl.Cl. The molecule has 1 aliphatic heterocycles. The van der Waals surface area contributed by atoms with Crippen molar-refractivity contribution in [2.24, 2.45) is 0 Å². The summed E-state index contributed by atoms with van der Waals surface area (Å²) in [7, 11) is 0. The summed E-state index contributed by atoms with van der Waals surface area (Å²) >= 11 is 1.59. The van der Waals surface area contributed by atoms with Gasteiger partial charge in [-0.25, -0.2) is 8.78 Å². The van der Waals surface area contributed by atoms with Crippen LogP contribution in [0, 0.1) is 18.6 Å². The Morgan fingerprint density at radius 2 is 1.78 bits per heavy atom. The van der Waals surface area contributed by atoms with Gasteiger partial charge in [-0.1, -0.05) is 18.2 Å². The normalized spacial score (nSPS) is 16.3. The standard InChI is InChI=1S/C16H18F2N2S.2ClH/c1-11-4-5-12(15(18)14(11)17)16(13-3-2-10-21-13)20-8-6-19-7-9-20;;/h2-5,10,16,19H,6-9H2,1H3;2*1H/t16-;;/m0../s1. The molecule has 128 valence electrons. The number of piperazine rings is 1. The minimum Gasteiger partial charge on any atom is -0.314 e. The summed E-state index contributed by atoms with van der Waals surface area (Å²) in [6.07, 6.45) is 0. The van der Waals surface area contributed by atoms with Crippen LogP contribution in [0.4, 0.5) is 8.78 Å². The van der Waals surface area contributed by atoms with Gasteiger partial charge >= 0.3 is 0 Å². The zero-order valence-electron chi connectivity index (χ0n) is 12.7. The van der Waals surface area contributed by atoms with Crippen molar-refractivity contribution in [3.05, 3.63) is 57.3 Å². The predicted octanol–water partition coefficient (Wildman–Crippen LogP) is 4.17. The van der Waals surface area contributed by atoms with Gasteiger partial charge in [0.25, 0.3) is 0 Å². The summed E-state index contributed by atoms with van der Waals surface area (Å²) in [6, 6.07) is 7.13. The number of aryl methyl sites for hydroxylation is 1. The fraction of sp³-hybridized carbons (Fsp3) is 0.375. The molecule has 0 aliphatic carbocycles. The Morgan fingerprint density at radius 3 is 2.39 bits per heavy atom. The first-order chi connectivity index (χ1) is 10.2. The van der Waals surface area contributed by atoms with Gasteiger partial charge in [0.2, 0.25) is 0 Å². The summed E-state index contributed by atoms with van der Waals surface area (Å²) in [5.74, 6) is -1.45. The maximum atomic E-state index is 14.4. The molecule has 1 atom stereocenters. The van der Waals surface area contributed by atoms with Gasteiger partial charge in [0.15, 0.2) is 11.6 Å². The van der Waals surface area contributed by atoms with Gasteiger partial charge in [0.05, 0.1) is 6.04 Å². The second-order valence-electron chi connectivity index (χ2n) is 5.30. The van der Waals surface area contributed by atoms with Crippen molar-refractivity contribution in [3.8, 4) is 0 Å². The lowest BCUT2D eigenvalue weighted by Crippen LogP contribution is -2.45. The Bertz CT molecular complexity index is 617. The van der Waals surface area contributed by atoms with Crippen molar-refractivity contribution in [2.75, 3.05) is 26.2 Å². The van der Waals surface area contributed by atoms with E-state index in [1.165, 1.54) is 0 Å². The Hall–Kier alpha value is -0.720. The van der Waals surface area contributed by atoms with Gasteiger partial charge in [-0.3, -0.25) is 4.90 Å². The molecule has 1 aliphatic rings. The first kappa shape index (κ1) is 20.3. The number of rotatable bonds is 3. The van der Waals surface area contributed by atoms with E-state index in [1.54, 1.807) is 30.4 Å². The molecule has 2 nitrogen and oxygen atoms in total. The average molecular weight is 381 g/mol. The highest BCUT2D eigenvalue weighted by Crippen LogP contribution is 2.34. The van der Waals surface area contributed by atoms with Gasteiger partial charge in [0, 0.05) is 36.6 Å². The Morgan fingerprint density at radius 1 is 1.09 bits per heavy atom. The molecule has 1 aromatic heterocycles. The highest BCUT2D eigenvalue weighted by atomic mass is 35.5. The summed E-state index contributed by atoms with van der Waals surface area (Å²) in [6.45, 7) is 5.00. The van der Waals surface area contributed by atoms with Gasteiger partial charge < -0.3 is 5.32 Å². The Balaban J connectivity index is 0.00000132. The summed E-state index contributed by atoms with van der Waals surface area (Å²) < 4.78 is 28.4. The summed E-state index contributed by atoms with van der Waals surface area (Å²) in [5, 5.41) is 5.27. The number of nitrogens with zero attached hydrogens (tertiary/aromatic N) is 1. The monoisotopic (exact) mass is 380 g/mol. The third kappa shape index (κ3) is 4.22. The van der Waals surface area contributed by atoms with Crippen LogP contribution >= 0.6 is 36.2 Å². The van der Waals surface area contributed by atoms with E-state index in [1.807, 2.05) is 17.5 Å². The second kappa shape index (κ2) is 8.94. The minimum atomic E-state index is -0.732. The number of halogens is 4. The van der Waals surface area contributed by atoms with E-state index in [0.29, 0.717) is 11.1 Å². The molecule has 0 spiro atoms. The highest BCUT2D eigenvalue weighted by molar-refractivity contribution is 7.10. The number of nitrogens with one attached hydrogen (secondary N) is 1. The molecule has 1 N–H and O–H groups in total. The van der Waals surface area contributed by atoms with Crippen LogP contribution in [0.3, 0.4) is 0 Å². The van der Waals surface area contributed by atoms with Crippen molar-refractivity contribution in [3.63, 3.8) is 0 Å². The van der Waals surface area contributed by atoms with Crippen LogP contribution in [0.25, 0.3) is 0 Å². The highest BCUT2D eigenvalue weighted by Gasteiger charge is 2.28. The Labute approximate surface area is 151 Å². The van der Waals surface area contributed by atoms with Crippen LogP contribution < -0.4 is 5.32 Å². The molecular formula is C16H20Cl2F2N2S. The number of hydrogen-bond donors (Lipinski definition) is 1. The fourth-order valence-electron chi connectivity index (χ4n) is 2.79. The van der Waals surface area contributed by atoms with Crippen molar-refractivity contribution in [1.29, 1.82) is 0 Å². The molecule has 0 unspecified atom stereocenters. The van der Waals surface area contributed by atoms with E-state index in [0.717, 1.165) is 31.1 Å². The van der Waals surface area contributed by atoms with Crippen molar-refractivity contribution in [2.45, 2.75) is 13.0 Å². The molecule has 1 fully saturated rings. The van der Waals surface area contributed by atoms with Crippen molar-refractivity contribution < 1.29 is 8.78 Å². The molecule has 0 bridgehead atoms. The molecule has 0 radical (unpaired) electrons. The molecular weight excluding hydrogens is 361 g/mol. The lowest BCUT2D eigenvalue weighted by molar-refractivity contribution is 0.196. The fourth-order valence-corrected chi connectivity index (χ4v) is 3.67. The second-order valence-corrected chi connectivity index (χ2v) is 6.28. The quantitative estimate of drug-likeness (QED) is 0.859. The smallest absolute Gasteiger partial charge is 0.164 e. The van der Waals surface area contributed by atoms with Crippen molar-refractivity contribution >= 4 is 36.2 Å². The molecule has 3 rings (SSSR count). The van der Waals surface area contributed by atoms with E-state index in [2.05, 4.69) is 10.2 Å². The molecule has 23 heavy (non-hydrogen) atoms. The van der Waals surface area contributed by atoms with Crippen LogP contribution in [0.1, 0.15) is 22.0 Å². The molecule has 0 saturated carbocycles. The first-order valence-electron chi connectivity index (χ1n) is 7.11. The van der Waals surface area contributed by atoms with Gasteiger partial charge in [-0.15, -0.1) is 36.2 Å². The minimum absolute atomic E-state index is 0. The van der Waals surface area contributed by atoms with Crippen LogP contribution in [0.2, 0.25) is 0 Å². The molecule has 7 heteroatoms. The number of thiophene rings is 1. The average Bonchev–Trinajstić information content (AvgIpc) is 3.03. The zero-order valence-corrected chi connectivity index (χ0v) is 15.2. The first-order valence-corrected chi connectivity index (χ1v) is 7.99. The zero-order chi connectivity index (χ0) is 14.8. The predicted molar refractivity (Wildman–Crippen MR) is 96.2 cm³/mol. The topological polar surface area (TPSA) is 15.3 Å². The van der Waals surface area contributed by atoms with Gasteiger partial charge in [-0.2, -0.15) is 0 Å². The van der Waals surface area contributed by atoms with Crippen molar-refractivity contribution in [1.82, 2.24) is 10.2 Å². The third-order valence-electron chi connectivity index (χ3n) is 3.93. The molecule has 2 aromatic rings. The van der Waals surface area contributed by atoms with E-state index < -0.39 is 11.6 Å². The summed E-state index contributed by atoms with van der Waals surface area (Å²) in [5.41, 5.74) is 0.781. The van der Waals surface area contributed by atoms with Crippen LogP contribution in [0.5, 0.6) is 0 Å². The third-order valence-corrected chi connectivity index (χ3v) is 4.85. The molecule has 2 heterocycles. The molecule has 0 amide bonds. The largest absolute Gasteiger partial charge is 0.314 e. The Kier molecular flexibility index (Phi) is 7.90. The molecule has 1 saturated heterocycles. The lowest BCUT2D eigenvalue weighted by Gasteiger charge is -2.35.